The van der Waals surface area contributed by atoms with Gasteiger partial charge in [0, 0.05) is 6.42 Å². The Balaban J connectivity index is 4.39. The van der Waals surface area contributed by atoms with Gasteiger partial charge in [0.2, 0.25) is 5.91 Å². The van der Waals surface area contributed by atoms with Gasteiger partial charge in [-0.15, -0.1) is 0 Å². The number of likely N-dealkylation sites (N-methyl/N-ethyl adjacent to an activating group) is 1. The normalized spacial score (nSPS) is 14.5. The smallest absolute Gasteiger partial charge is 0.268 e. The molecular formula is C46H91N2O6P. The van der Waals surface area contributed by atoms with E-state index in [2.05, 4.69) is 31.3 Å². The van der Waals surface area contributed by atoms with Crippen molar-refractivity contribution in [3.8, 4) is 0 Å². The van der Waals surface area contributed by atoms with Gasteiger partial charge in [0.1, 0.15) is 13.2 Å². The van der Waals surface area contributed by atoms with Gasteiger partial charge >= 0.3 is 0 Å². The Morgan fingerprint density at radius 1 is 0.618 bits per heavy atom. The number of allylic oxidation sites excluding steroid dienone is 3. The molecule has 0 saturated heterocycles. The highest BCUT2D eigenvalue weighted by molar-refractivity contribution is 7.45. The number of nitrogens with zero attached hydrogens (tertiary/aromatic N) is 1. The predicted octanol–water partition coefficient (Wildman–Crippen LogP) is 12.3. The first kappa shape index (κ1) is 54.0. The van der Waals surface area contributed by atoms with Crippen LogP contribution in [0.25, 0.3) is 0 Å². The molecule has 0 aromatic carbocycles. The molecule has 0 bridgehead atoms. The minimum atomic E-state index is -4.59. The molecule has 0 aromatic rings. The van der Waals surface area contributed by atoms with E-state index in [0.717, 1.165) is 38.5 Å². The summed E-state index contributed by atoms with van der Waals surface area (Å²) in [5.74, 6) is -0.207. The number of aliphatic hydroxyl groups excluding tert-OH is 1. The van der Waals surface area contributed by atoms with Gasteiger partial charge in [-0.05, 0) is 32.1 Å². The summed E-state index contributed by atoms with van der Waals surface area (Å²) in [5.41, 5.74) is 0. The molecule has 3 unspecified atom stereocenters. The summed E-state index contributed by atoms with van der Waals surface area (Å²) in [5, 5.41) is 13.8. The first-order chi connectivity index (χ1) is 26.5. The molecule has 0 aromatic heterocycles. The SMILES string of the molecule is CCCCCCCCCCCCCCCCC/C=C/CC/C=C/C(O)C(COP(=O)([O-])OCC[N+](C)(C)C)NC(=O)CCCCCCCCCCCCCC. The molecule has 0 aliphatic rings. The molecule has 0 heterocycles. The molecule has 0 saturated carbocycles. The lowest BCUT2D eigenvalue weighted by atomic mass is 10.0. The van der Waals surface area contributed by atoms with Gasteiger partial charge in [-0.25, -0.2) is 0 Å². The summed E-state index contributed by atoms with van der Waals surface area (Å²) in [6, 6.07) is -0.897. The lowest BCUT2D eigenvalue weighted by molar-refractivity contribution is -0.870. The van der Waals surface area contributed by atoms with Crippen molar-refractivity contribution in [1.82, 2.24) is 5.32 Å². The van der Waals surface area contributed by atoms with E-state index in [1.807, 2.05) is 27.2 Å². The molecule has 0 spiro atoms. The number of carbonyl (C=O) groups is 1. The highest BCUT2D eigenvalue weighted by Crippen LogP contribution is 2.38. The number of unbranched alkanes of at least 4 members (excludes halogenated alkanes) is 27. The second kappa shape index (κ2) is 38.5. The standard InChI is InChI=1S/C46H91N2O6P/c1-6-8-10-12-14-16-18-20-21-22-23-24-25-26-27-28-29-31-33-35-37-39-45(49)44(43-54-55(51,52)53-42-41-48(3,4)5)47-46(50)40-38-36-34-32-30-19-17-15-13-11-9-7-2/h29,31,37,39,44-45,49H,6-28,30,32-36,38,40-43H2,1-5H3,(H-,47,50,51,52)/b31-29+,39-37+. The van der Waals surface area contributed by atoms with Crippen LogP contribution in [0.4, 0.5) is 0 Å². The van der Waals surface area contributed by atoms with E-state index < -0.39 is 20.0 Å². The first-order valence-electron chi connectivity index (χ1n) is 23.2. The zero-order valence-corrected chi connectivity index (χ0v) is 37.8. The molecule has 9 heteroatoms. The summed E-state index contributed by atoms with van der Waals surface area (Å²) in [7, 11) is 1.25. The molecule has 2 N–H and O–H groups in total. The van der Waals surface area contributed by atoms with Crippen LogP contribution in [0.2, 0.25) is 0 Å². The van der Waals surface area contributed by atoms with Crippen molar-refractivity contribution < 1.29 is 32.9 Å². The number of quaternary nitrogens is 1. The number of phosphoric ester groups is 1. The van der Waals surface area contributed by atoms with Crippen molar-refractivity contribution >= 4 is 13.7 Å². The van der Waals surface area contributed by atoms with Crippen LogP contribution in [0.5, 0.6) is 0 Å². The third kappa shape index (κ3) is 41.0. The number of aliphatic hydroxyl groups is 1. The molecule has 0 radical (unpaired) electrons. The van der Waals surface area contributed by atoms with Gasteiger partial charge in [0.15, 0.2) is 0 Å². The van der Waals surface area contributed by atoms with Crippen LogP contribution in [-0.2, 0) is 18.4 Å². The second-order valence-electron chi connectivity index (χ2n) is 17.1. The highest BCUT2D eigenvalue weighted by atomic mass is 31.2. The Morgan fingerprint density at radius 2 is 1.02 bits per heavy atom. The Labute approximate surface area is 341 Å². The summed E-state index contributed by atoms with van der Waals surface area (Å²) in [6.07, 6.45) is 45.2. The van der Waals surface area contributed by atoms with Crippen molar-refractivity contribution in [3.05, 3.63) is 24.3 Å². The van der Waals surface area contributed by atoms with Crippen LogP contribution >= 0.6 is 7.82 Å². The summed E-state index contributed by atoms with van der Waals surface area (Å²) < 4.78 is 23.2. The first-order valence-corrected chi connectivity index (χ1v) is 24.7. The third-order valence-electron chi connectivity index (χ3n) is 10.4. The van der Waals surface area contributed by atoms with Crippen LogP contribution in [-0.4, -0.2) is 68.5 Å². The van der Waals surface area contributed by atoms with Gasteiger partial charge in [-0.2, -0.15) is 0 Å². The molecular weight excluding hydrogens is 707 g/mol. The number of nitrogens with one attached hydrogen (secondary N) is 1. The molecule has 8 nitrogen and oxygen atoms in total. The maximum absolute atomic E-state index is 12.8. The van der Waals surface area contributed by atoms with E-state index in [9.17, 15) is 19.4 Å². The number of phosphoric acid groups is 1. The van der Waals surface area contributed by atoms with E-state index in [4.69, 9.17) is 9.05 Å². The van der Waals surface area contributed by atoms with Crippen molar-refractivity contribution in [1.29, 1.82) is 0 Å². The van der Waals surface area contributed by atoms with E-state index in [0.29, 0.717) is 17.4 Å². The zero-order valence-electron chi connectivity index (χ0n) is 36.9. The quantitative estimate of drug-likeness (QED) is 0.0276. The average Bonchev–Trinajstić information content (AvgIpc) is 3.13. The largest absolute Gasteiger partial charge is 0.756 e. The highest BCUT2D eigenvalue weighted by Gasteiger charge is 2.23. The monoisotopic (exact) mass is 799 g/mol. The van der Waals surface area contributed by atoms with Gasteiger partial charge in [-0.1, -0.05) is 199 Å². The molecule has 3 atom stereocenters. The van der Waals surface area contributed by atoms with Crippen LogP contribution in [0.15, 0.2) is 24.3 Å². The van der Waals surface area contributed by atoms with Crippen LogP contribution in [0.1, 0.15) is 213 Å². The lowest BCUT2D eigenvalue weighted by Gasteiger charge is -2.29. The Hall–Kier alpha value is -1.02. The molecule has 1 amide bonds. The third-order valence-corrected chi connectivity index (χ3v) is 11.4. The number of amides is 1. The fourth-order valence-corrected chi connectivity index (χ4v) is 7.42. The molecule has 0 aliphatic heterocycles. The number of hydrogen-bond acceptors (Lipinski definition) is 6. The van der Waals surface area contributed by atoms with Crippen LogP contribution in [0, 0.1) is 0 Å². The molecule has 55 heavy (non-hydrogen) atoms. The zero-order chi connectivity index (χ0) is 40.7. The van der Waals surface area contributed by atoms with E-state index in [1.54, 1.807) is 6.08 Å². The number of hydrogen-bond donors (Lipinski definition) is 2. The fraction of sp³-hybridized carbons (Fsp3) is 0.891. The van der Waals surface area contributed by atoms with Crippen molar-refractivity contribution in [2.75, 3.05) is 40.9 Å². The fourth-order valence-electron chi connectivity index (χ4n) is 6.70. The van der Waals surface area contributed by atoms with Crippen LogP contribution in [0.3, 0.4) is 0 Å². The van der Waals surface area contributed by atoms with E-state index in [-0.39, 0.29) is 19.1 Å². The Morgan fingerprint density at radius 3 is 1.47 bits per heavy atom. The molecule has 0 aliphatic carbocycles. The van der Waals surface area contributed by atoms with Crippen molar-refractivity contribution in [3.63, 3.8) is 0 Å². The minimum Gasteiger partial charge on any atom is -0.756 e. The van der Waals surface area contributed by atoms with Gasteiger partial charge in [0.05, 0.1) is 39.9 Å². The minimum absolute atomic E-state index is 0.00429. The molecule has 326 valence electrons. The number of rotatable bonds is 42. The lowest BCUT2D eigenvalue weighted by Crippen LogP contribution is -2.45. The van der Waals surface area contributed by atoms with Gasteiger partial charge in [0.25, 0.3) is 7.82 Å². The number of carbonyl (C=O) groups excluding carboxylic acids is 1. The average molecular weight is 799 g/mol. The van der Waals surface area contributed by atoms with Gasteiger partial charge in [-0.3, -0.25) is 9.36 Å². The molecule has 0 fully saturated rings. The summed E-state index contributed by atoms with van der Waals surface area (Å²) in [6.45, 7) is 4.63. The summed E-state index contributed by atoms with van der Waals surface area (Å²) in [4.78, 5) is 25.3. The summed E-state index contributed by atoms with van der Waals surface area (Å²) >= 11 is 0. The van der Waals surface area contributed by atoms with Crippen molar-refractivity contribution in [2.45, 2.75) is 225 Å². The Kier molecular flexibility index (Phi) is 37.8. The van der Waals surface area contributed by atoms with E-state index in [1.165, 1.54) is 154 Å². The maximum atomic E-state index is 12.8. The predicted molar refractivity (Wildman–Crippen MR) is 233 cm³/mol. The molecule has 0 rings (SSSR count). The topological polar surface area (TPSA) is 108 Å². The Bertz CT molecular complexity index is 953. The second-order valence-corrected chi connectivity index (χ2v) is 18.5. The van der Waals surface area contributed by atoms with Gasteiger partial charge < -0.3 is 28.8 Å². The van der Waals surface area contributed by atoms with E-state index >= 15 is 0 Å². The van der Waals surface area contributed by atoms with Crippen molar-refractivity contribution in [2.24, 2.45) is 0 Å². The van der Waals surface area contributed by atoms with Crippen LogP contribution < -0.4 is 10.2 Å². The maximum Gasteiger partial charge on any atom is 0.268 e.